The largest absolute Gasteiger partial charge is 0.457 e. The van der Waals surface area contributed by atoms with E-state index >= 15 is 0 Å². The summed E-state index contributed by atoms with van der Waals surface area (Å²) < 4.78 is 5.71. The highest BCUT2D eigenvalue weighted by molar-refractivity contribution is 7.39. The molecule has 1 nitrogen and oxygen atoms in total. The van der Waals surface area contributed by atoms with E-state index in [9.17, 15) is 0 Å². The van der Waals surface area contributed by atoms with Gasteiger partial charge in [0, 0.05) is 0 Å². The van der Waals surface area contributed by atoms with E-state index in [-0.39, 0.29) is 0 Å². The van der Waals surface area contributed by atoms with Gasteiger partial charge >= 0.3 is 0 Å². The highest BCUT2D eigenvalue weighted by Gasteiger charge is 2.07. The topological polar surface area (TPSA) is 9.23 Å². The van der Waals surface area contributed by atoms with E-state index in [0.29, 0.717) is 0 Å². The molecule has 0 aliphatic heterocycles. The lowest BCUT2D eigenvalue weighted by atomic mass is 10.3. The van der Waals surface area contributed by atoms with Crippen molar-refractivity contribution in [3.63, 3.8) is 0 Å². The van der Waals surface area contributed by atoms with Crippen LogP contribution in [-0.4, -0.2) is 14.8 Å². The van der Waals surface area contributed by atoms with Crippen LogP contribution in [0, 0.1) is 0 Å². The average Bonchev–Trinajstić information content (AvgIpc) is 2.40. The van der Waals surface area contributed by atoms with Crippen LogP contribution in [0.4, 0.5) is 0 Å². The normalized spacial score (nSPS) is 11.1. The molecule has 100 valence electrons. The van der Waals surface area contributed by atoms with Crippen molar-refractivity contribution in [1.29, 1.82) is 0 Å². The van der Waals surface area contributed by atoms with Gasteiger partial charge in [0.25, 0.3) is 14.8 Å². The molecule has 0 unspecified atom stereocenters. The molecule has 0 heterocycles. The maximum atomic E-state index is 5.91. The number of hydrogen-bond donors (Lipinski definition) is 0. The van der Waals surface area contributed by atoms with Gasteiger partial charge in [0.05, 0.1) is 0 Å². The summed E-state index contributed by atoms with van der Waals surface area (Å²) in [5.41, 5.74) is 0. The van der Waals surface area contributed by atoms with Gasteiger partial charge in [-0.15, -0.1) is 44.3 Å². The smallest absolute Gasteiger partial charge is 0.266 e. The molecule has 2 rings (SSSR count). The lowest BCUT2D eigenvalue weighted by molar-refractivity contribution is 0.483. The van der Waals surface area contributed by atoms with Crippen LogP contribution in [-0.2, 0) is 0 Å². The predicted octanol–water partition coefficient (Wildman–Crippen LogP) is 3.29. The van der Waals surface area contributed by atoms with E-state index in [2.05, 4.69) is 0 Å². The van der Waals surface area contributed by atoms with Crippen LogP contribution in [0.3, 0.4) is 0 Å². The fourth-order valence-electron chi connectivity index (χ4n) is 1.50. The lowest BCUT2D eigenvalue weighted by Crippen LogP contribution is -2.17. The summed E-state index contributed by atoms with van der Waals surface area (Å²) in [5, 5.41) is 1.95. The summed E-state index contributed by atoms with van der Waals surface area (Å²) in [6, 6.07) is 15.0. The summed E-state index contributed by atoms with van der Waals surface area (Å²) in [5.74, 6) is 1.48. The molecule has 0 aromatic heterocycles. The summed E-state index contributed by atoms with van der Waals surface area (Å²) in [7, 11) is -3.58. The molecule has 0 atom stereocenters. The Kier molecular flexibility index (Phi) is 5.62. The van der Waals surface area contributed by atoms with Gasteiger partial charge < -0.3 is 4.74 Å². The minimum Gasteiger partial charge on any atom is -0.457 e. The number of benzene rings is 2. The molecule has 0 aliphatic carbocycles. The fraction of sp³-hybridized carbons (Fsp3) is 0. The van der Waals surface area contributed by atoms with E-state index in [1.54, 1.807) is 0 Å². The highest BCUT2D eigenvalue weighted by Crippen LogP contribution is 2.20. The Morgan fingerprint density at radius 3 is 1.16 bits per heavy atom. The van der Waals surface area contributed by atoms with Crippen LogP contribution in [0.5, 0.6) is 11.5 Å². The molecule has 0 bridgehead atoms. The first-order chi connectivity index (χ1) is 9.06. The number of hydrogen-bond acceptors (Lipinski definition) is 1. The minimum absolute atomic E-state index is 0.741. The van der Waals surface area contributed by atoms with Crippen LogP contribution in [0.2, 0.25) is 0 Å². The molecule has 0 N–H and O–H groups in total. The maximum Gasteiger partial charge on any atom is 0.266 e. The van der Waals surface area contributed by atoms with Crippen molar-refractivity contribution < 1.29 is 4.74 Å². The molecule has 0 fully saturated rings. The molecule has 0 saturated carbocycles. The van der Waals surface area contributed by atoms with Crippen molar-refractivity contribution in [2.24, 2.45) is 0 Å². The van der Waals surface area contributed by atoms with Gasteiger partial charge in [0.2, 0.25) is 0 Å². The Balaban J connectivity index is 2.08. The van der Waals surface area contributed by atoms with Gasteiger partial charge in [-0.25, -0.2) is 0 Å². The summed E-state index contributed by atoms with van der Waals surface area (Å²) in [4.78, 5) is 0. The zero-order valence-corrected chi connectivity index (χ0v) is 15.0. The SMILES string of the molecule is Cl[SiH](Cl)c1ccc(Oc2ccc([SiH](Cl)Cl)cc2)cc1. The van der Waals surface area contributed by atoms with Gasteiger partial charge in [-0.2, -0.15) is 0 Å². The second-order valence-electron chi connectivity index (χ2n) is 3.84. The Hall–Kier alpha value is -0.166. The van der Waals surface area contributed by atoms with Crippen LogP contribution >= 0.6 is 44.3 Å². The monoisotopic (exact) mass is 366 g/mol. The molecule has 0 amide bonds. The van der Waals surface area contributed by atoms with Crippen molar-refractivity contribution in [2.45, 2.75) is 0 Å². The van der Waals surface area contributed by atoms with E-state index in [0.717, 1.165) is 21.9 Å². The van der Waals surface area contributed by atoms with Crippen molar-refractivity contribution >= 4 is 69.5 Å². The third-order valence-corrected chi connectivity index (χ3v) is 7.30. The number of halogens is 4. The highest BCUT2D eigenvalue weighted by atomic mass is 35.7. The molecule has 0 radical (unpaired) electrons. The van der Waals surface area contributed by atoms with Crippen molar-refractivity contribution in [2.75, 3.05) is 0 Å². The van der Waals surface area contributed by atoms with Gasteiger partial charge in [-0.1, -0.05) is 24.3 Å². The second kappa shape index (κ2) is 7.02. The first-order valence-corrected chi connectivity index (χ1v) is 13.6. The summed E-state index contributed by atoms with van der Waals surface area (Å²) >= 11 is 23.6. The Morgan fingerprint density at radius 2 is 0.895 bits per heavy atom. The molecule has 0 aliphatic rings. The molecular weight excluding hydrogens is 358 g/mol. The van der Waals surface area contributed by atoms with Crippen molar-refractivity contribution in [1.82, 2.24) is 0 Å². The zero-order chi connectivity index (χ0) is 13.8. The van der Waals surface area contributed by atoms with Gasteiger partial charge in [0.1, 0.15) is 11.5 Å². The first kappa shape index (κ1) is 15.2. The third kappa shape index (κ3) is 4.41. The Labute approximate surface area is 134 Å². The third-order valence-electron chi connectivity index (χ3n) is 2.50. The van der Waals surface area contributed by atoms with Crippen LogP contribution < -0.4 is 15.1 Å². The van der Waals surface area contributed by atoms with Crippen molar-refractivity contribution in [3.05, 3.63) is 48.5 Å². The fourth-order valence-corrected chi connectivity index (χ4v) is 4.21. The number of rotatable bonds is 4. The van der Waals surface area contributed by atoms with E-state index in [1.165, 1.54) is 0 Å². The first-order valence-electron chi connectivity index (χ1n) is 5.50. The molecule has 0 spiro atoms. The zero-order valence-electron chi connectivity index (χ0n) is 9.69. The maximum absolute atomic E-state index is 5.91. The Bertz CT molecular complexity index is 479. The molecule has 2 aromatic rings. The quantitative estimate of drug-likeness (QED) is 0.595. The van der Waals surface area contributed by atoms with Gasteiger partial charge in [0.15, 0.2) is 0 Å². The van der Waals surface area contributed by atoms with E-state index in [1.807, 2.05) is 48.5 Å². The molecule has 7 heteroatoms. The van der Waals surface area contributed by atoms with E-state index in [4.69, 9.17) is 49.1 Å². The Morgan fingerprint density at radius 1 is 0.579 bits per heavy atom. The summed E-state index contributed by atoms with van der Waals surface area (Å²) in [6.07, 6.45) is 0. The summed E-state index contributed by atoms with van der Waals surface area (Å²) in [6.45, 7) is 0. The van der Waals surface area contributed by atoms with Crippen LogP contribution in [0.15, 0.2) is 48.5 Å². The van der Waals surface area contributed by atoms with E-state index < -0.39 is 14.8 Å². The van der Waals surface area contributed by atoms with Gasteiger partial charge in [-0.3, -0.25) is 0 Å². The second-order valence-corrected chi connectivity index (χ2v) is 13.0. The average molecular weight is 368 g/mol. The molecule has 19 heavy (non-hydrogen) atoms. The van der Waals surface area contributed by atoms with Gasteiger partial charge in [-0.05, 0) is 34.6 Å². The lowest BCUT2D eigenvalue weighted by Gasteiger charge is -2.08. The molecule has 0 saturated heterocycles. The molecular formula is C12H10Cl4OSi2. The van der Waals surface area contributed by atoms with Crippen LogP contribution in [0.25, 0.3) is 0 Å². The van der Waals surface area contributed by atoms with Crippen molar-refractivity contribution in [3.8, 4) is 11.5 Å². The minimum atomic E-state index is -1.79. The predicted molar refractivity (Wildman–Crippen MR) is 89.9 cm³/mol. The standard InChI is InChI=1S/C12H10Cl4OSi2/c13-18(14)11-5-1-9(2-6-11)17-10-3-7-12(8-4-10)19(15)16/h1-8,18-19H. The molecule has 2 aromatic carbocycles. The number of ether oxygens (including phenoxy) is 1. The van der Waals surface area contributed by atoms with Crippen LogP contribution in [0.1, 0.15) is 0 Å².